The van der Waals surface area contributed by atoms with Crippen molar-refractivity contribution in [1.29, 1.82) is 0 Å². The van der Waals surface area contributed by atoms with E-state index in [1.165, 1.54) is 18.2 Å². The van der Waals surface area contributed by atoms with E-state index < -0.39 is 4.92 Å². The standard InChI is InChI=1S/C12H18N4O3/c1-8(2)14-12(17)7-15(3)11-5-4-9(16(18)19)6-10(11)13/h4-6,8H,7,13H2,1-3H3,(H,14,17). The Bertz CT molecular complexity index is 488. The Kier molecular flexibility index (Phi) is 4.68. The van der Waals surface area contributed by atoms with Gasteiger partial charge in [-0.15, -0.1) is 0 Å². The van der Waals surface area contributed by atoms with Crippen LogP contribution in [0.25, 0.3) is 0 Å². The molecule has 0 aliphatic carbocycles. The first-order chi connectivity index (χ1) is 8.81. The lowest BCUT2D eigenvalue weighted by atomic mass is 10.2. The number of non-ortho nitro benzene ring substituents is 1. The minimum Gasteiger partial charge on any atom is -0.397 e. The molecule has 104 valence electrons. The van der Waals surface area contributed by atoms with Crippen molar-refractivity contribution in [3.63, 3.8) is 0 Å². The van der Waals surface area contributed by atoms with E-state index in [0.29, 0.717) is 5.69 Å². The number of hydrogen-bond donors (Lipinski definition) is 2. The second-order valence-electron chi connectivity index (χ2n) is 4.58. The van der Waals surface area contributed by atoms with Crippen molar-refractivity contribution in [2.24, 2.45) is 0 Å². The largest absolute Gasteiger partial charge is 0.397 e. The minimum absolute atomic E-state index is 0.0649. The SMILES string of the molecule is CC(C)NC(=O)CN(C)c1ccc([N+](=O)[O-])cc1N. The molecule has 19 heavy (non-hydrogen) atoms. The molecule has 0 aromatic heterocycles. The van der Waals surface area contributed by atoms with Gasteiger partial charge < -0.3 is 16.0 Å². The van der Waals surface area contributed by atoms with Crippen LogP contribution in [-0.4, -0.2) is 30.5 Å². The predicted octanol–water partition coefficient (Wildman–Crippen LogP) is 1.14. The smallest absolute Gasteiger partial charge is 0.271 e. The third kappa shape index (κ3) is 4.13. The van der Waals surface area contributed by atoms with Crippen molar-refractivity contribution in [3.8, 4) is 0 Å². The Morgan fingerprint density at radius 1 is 1.53 bits per heavy atom. The molecule has 1 rings (SSSR count). The highest BCUT2D eigenvalue weighted by Gasteiger charge is 2.14. The Balaban J connectivity index is 2.80. The van der Waals surface area contributed by atoms with Crippen LogP contribution in [0.4, 0.5) is 17.1 Å². The van der Waals surface area contributed by atoms with Crippen LogP contribution in [0.15, 0.2) is 18.2 Å². The number of carbonyl (C=O) groups excluding carboxylic acids is 1. The van der Waals surface area contributed by atoms with Gasteiger partial charge in [-0.2, -0.15) is 0 Å². The number of hydrogen-bond acceptors (Lipinski definition) is 5. The zero-order valence-electron chi connectivity index (χ0n) is 11.2. The van der Waals surface area contributed by atoms with Crippen LogP contribution in [0.1, 0.15) is 13.8 Å². The van der Waals surface area contributed by atoms with Crippen molar-refractivity contribution in [2.45, 2.75) is 19.9 Å². The number of nitrogen functional groups attached to an aromatic ring is 1. The number of carbonyl (C=O) groups is 1. The number of nitro groups is 1. The summed E-state index contributed by atoms with van der Waals surface area (Å²) in [5.74, 6) is -0.129. The van der Waals surface area contributed by atoms with Crippen molar-refractivity contribution in [3.05, 3.63) is 28.3 Å². The van der Waals surface area contributed by atoms with E-state index in [2.05, 4.69) is 5.32 Å². The summed E-state index contributed by atoms with van der Waals surface area (Å²) in [6.45, 7) is 3.89. The highest BCUT2D eigenvalue weighted by molar-refractivity contribution is 5.83. The lowest BCUT2D eigenvalue weighted by molar-refractivity contribution is -0.384. The summed E-state index contributed by atoms with van der Waals surface area (Å²) < 4.78 is 0. The second kappa shape index (κ2) is 6.03. The predicted molar refractivity (Wildman–Crippen MR) is 74.1 cm³/mol. The molecule has 0 fully saturated rings. The quantitative estimate of drug-likeness (QED) is 0.472. The number of likely N-dealkylation sites (N-methyl/N-ethyl adjacent to an activating group) is 1. The highest BCUT2D eigenvalue weighted by atomic mass is 16.6. The molecule has 0 radical (unpaired) electrons. The second-order valence-corrected chi connectivity index (χ2v) is 4.58. The monoisotopic (exact) mass is 266 g/mol. The third-order valence-corrected chi connectivity index (χ3v) is 2.46. The van der Waals surface area contributed by atoms with Crippen molar-refractivity contribution >= 4 is 23.0 Å². The maximum Gasteiger partial charge on any atom is 0.271 e. The van der Waals surface area contributed by atoms with Gasteiger partial charge in [0.25, 0.3) is 5.69 Å². The maximum atomic E-state index is 11.6. The molecule has 0 heterocycles. The molecule has 0 saturated carbocycles. The molecule has 0 unspecified atom stereocenters. The zero-order chi connectivity index (χ0) is 14.6. The summed E-state index contributed by atoms with van der Waals surface area (Å²) in [5.41, 5.74) is 6.55. The first kappa shape index (κ1) is 14.7. The molecule has 0 spiro atoms. The number of nitrogens with zero attached hydrogens (tertiary/aromatic N) is 2. The molecular formula is C12H18N4O3. The molecule has 0 aliphatic heterocycles. The molecule has 1 aromatic carbocycles. The van der Waals surface area contributed by atoms with Gasteiger partial charge in [-0.3, -0.25) is 14.9 Å². The van der Waals surface area contributed by atoms with E-state index >= 15 is 0 Å². The molecular weight excluding hydrogens is 248 g/mol. The van der Waals surface area contributed by atoms with Gasteiger partial charge in [0.05, 0.1) is 22.8 Å². The number of amides is 1. The topological polar surface area (TPSA) is 102 Å². The van der Waals surface area contributed by atoms with Crippen LogP contribution in [0.3, 0.4) is 0 Å². The molecule has 1 aromatic rings. The lowest BCUT2D eigenvalue weighted by Crippen LogP contribution is -2.38. The average Bonchev–Trinajstić information content (AvgIpc) is 2.26. The highest BCUT2D eigenvalue weighted by Crippen LogP contribution is 2.26. The number of nitrogens with two attached hydrogens (primary N) is 1. The van der Waals surface area contributed by atoms with Gasteiger partial charge in [-0.05, 0) is 19.9 Å². The molecule has 3 N–H and O–H groups in total. The summed E-state index contributed by atoms with van der Waals surface area (Å²) in [7, 11) is 1.71. The Morgan fingerprint density at radius 2 is 2.16 bits per heavy atom. The van der Waals surface area contributed by atoms with Crippen molar-refractivity contribution in [1.82, 2.24) is 5.32 Å². The number of rotatable bonds is 5. The van der Waals surface area contributed by atoms with Crippen molar-refractivity contribution < 1.29 is 9.72 Å². The Hall–Kier alpha value is -2.31. The molecule has 7 heteroatoms. The Morgan fingerprint density at radius 3 is 2.63 bits per heavy atom. The van der Waals surface area contributed by atoms with E-state index in [9.17, 15) is 14.9 Å². The summed E-state index contributed by atoms with van der Waals surface area (Å²) in [6, 6.07) is 4.25. The molecule has 0 bridgehead atoms. The van der Waals surface area contributed by atoms with Gasteiger partial charge in [0.1, 0.15) is 0 Å². The van der Waals surface area contributed by atoms with E-state index in [4.69, 9.17) is 5.73 Å². The van der Waals surface area contributed by atoms with E-state index in [1.54, 1.807) is 11.9 Å². The van der Waals surface area contributed by atoms with Gasteiger partial charge in [0, 0.05) is 25.2 Å². The van der Waals surface area contributed by atoms with Gasteiger partial charge >= 0.3 is 0 Å². The van der Waals surface area contributed by atoms with Crippen LogP contribution in [0, 0.1) is 10.1 Å². The van der Waals surface area contributed by atoms with E-state index in [1.807, 2.05) is 13.8 Å². The minimum atomic E-state index is -0.508. The summed E-state index contributed by atoms with van der Waals surface area (Å²) in [5, 5.41) is 13.4. The maximum absolute atomic E-state index is 11.6. The average molecular weight is 266 g/mol. The molecule has 1 amide bonds. The first-order valence-corrected chi connectivity index (χ1v) is 5.85. The zero-order valence-corrected chi connectivity index (χ0v) is 11.2. The lowest BCUT2D eigenvalue weighted by Gasteiger charge is -2.21. The summed E-state index contributed by atoms with van der Waals surface area (Å²) in [4.78, 5) is 23.4. The van der Waals surface area contributed by atoms with Crippen LogP contribution < -0.4 is 16.0 Å². The third-order valence-electron chi connectivity index (χ3n) is 2.46. The van der Waals surface area contributed by atoms with Crippen LogP contribution in [0.2, 0.25) is 0 Å². The normalized spacial score (nSPS) is 10.3. The first-order valence-electron chi connectivity index (χ1n) is 5.85. The number of nitro benzene ring substituents is 1. The van der Waals surface area contributed by atoms with Gasteiger partial charge in [-0.1, -0.05) is 0 Å². The number of benzene rings is 1. The van der Waals surface area contributed by atoms with Crippen LogP contribution in [0.5, 0.6) is 0 Å². The fourth-order valence-electron chi connectivity index (χ4n) is 1.67. The molecule has 0 saturated heterocycles. The van der Waals surface area contributed by atoms with E-state index in [0.717, 1.165) is 0 Å². The number of anilines is 2. The summed E-state index contributed by atoms with van der Waals surface area (Å²) >= 11 is 0. The van der Waals surface area contributed by atoms with E-state index in [-0.39, 0.29) is 29.9 Å². The van der Waals surface area contributed by atoms with Crippen LogP contribution in [-0.2, 0) is 4.79 Å². The van der Waals surface area contributed by atoms with Crippen LogP contribution >= 0.6 is 0 Å². The molecule has 0 atom stereocenters. The fraction of sp³-hybridized carbons (Fsp3) is 0.417. The summed E-state index contributed by atoms with van der Waals surface area (Å²) in [6.07, 6.45) is 0. The molecule has 7 nitrogen and oxygen atoms in total. The Labute approximate surface area is 111 Å². The number of nitrogens with one attached hydrogen (secondary N) is 1. The van der Waals surface area contributed by atoms with Gasteiger partial charge in [0.2, 0.25) is 5.91 Å². The van der Waals surface area contributed by atoms with Crippen molar-refractivity contribution in [2.75, 3.05) is 24.2 Å². The van der Waals surface area contributed by atoms with Gasteiger partial charge in [0.15, 0.2) is 0 Å². The van der Waals surface area contributed by atoms with Gasteiger partial charge in [-0.25, -0.2) is 0 Å². The fourth-order valence-corrected chi connectivity index (χ4v) is 1.67. The molecule has 0 aliphatic rings.